The van der Waals surface area contributed by atoms with E-state index >= 15 is 0 Å². The van der Waals surface area contributed by atoms with E-state index in [0.717, 1.165) is 32.9 Å². The van der Waals surface area contributed by atoms with E-state index in [4.69, 9.17) is 5.73 Å². The van der Waals surface area contributed by atoms with Crippen LogP contribution < -0.4 is 11.1 Å². The van der Waals surface area contributed by atoms with Crippen molar-refractivity contribution in [2.75, 3.05) is 11.1 Å². The van der Waals surface area contributed by atoms with Crippen molar-refractivity contribution in [1.82, 2.24) is 9.97 Å². The average Bonchev–Trinajstić information content (AvgIpc) is 3.22. The smallest absolute Gasteiger partial charge is 0.139 e. The van der Waals surface area contributed by atoms with Gasteiger partial charge in [0.25, 0.3) is 0 Å². The topological polar surface area (TPSA) is 63.8 Å². The molecule has 0 unspecified atom stereocenters. The summed E-state index contributed by atoms with van der Waals surface area (Å²) in [5.41, 5.74) is 9.10. The van der Waals surface area contributed by atoms with E-state index in [2.05, 4.69) is 44.2 Å². The summed E-state index contributed by atoms with van der Waals surface area (Å²) in [6.07, 6.45) is 2.33. The Morgan fingerprint density at radius 3 is 2.65 bits per heavy atom. The fraction of sp³-hybridized carbons (Fsp3) is 0.333. The summed E-state index contributed by atoms with van der Waals surface area (Å²) >= 11 is 3.47. The number of aromatic nitrogens is 2. The van der Waals surface area contributed by atoms with Gasteiger partial charge in [0.15, 0.2) is 0 Å². The SMILES string of the molecule is Cc1cc(Br)ccc1Nc1nc(C2CC2)nc(N)c1C. The normalized spacial score (nSPS) is 14.3. The third kappa shape index (κ3) is 2.63. The molecular weight excluding hydrogens is 316 g/mol. The monoisotopic (exact) mass is 332 g/mol. The third-order valence-electron chi connectivity index (χ3n) is 3.58. The quantitative estimate of drug-likeness (QED) is 0.889. The lowest BCUT2D eigenvalue weighted by Crippen LogP contribution is -2.07. The Hall–Kier alpha value is -1.62. The summed E-state index contributed by atoms with van der Waals surface area (Å²) < 4.78 is 1.07. The van der Waals surface area contributed by atoms with Gasteiger partial charge in [-0.15, -0.1) is 0 Å². The zero-order chi connectivity index (χ0) is 14.3. The summed E-state index contributed by atoms with van der Waals surface area (Å²) in [5.74, 6) is 2.74. The number of rotatable bonds is 3. The van der Waals surface area contributed by atoms with Crippen LogP contribution in [0.25, 0.3) is 0 Å². The standard InChI is InChI=1S/C15H17BrN4/c1-8-7-11(16)5-6-12(8)18-14-9(2)13(17)19-15(20-14)10-3-4-10/h5-7,10H,3-4H2,1-2H3,(H3,17,18,19,20). The van der Waals surface area contributed by atoms with E-state index in [1.807, 2.05) is 19.1 Å². The minimum atomic E-state index is 0.490. The first-order valence-corrected chi connectivity index (χ1v) is 7.51. The maximum absolute atomic E-state index is 6.00. The average molecular weight is 333 g/mol. The van der Waals surface area contributed by atoms with Crippen LogP contribution in [-0.2, 0) is 0 Å². The van der Waals surface area contributed by atoms with Crippen molar-refractivity contribution in [3.05, 3.63) is 39.6 Å². The lowest BCUT2D eigenvalue weighted by Gasteiger charge is -2.13. The summed E-state index contributed by atoms with van der Waals surface area (Å²) in [7, 11) is 0. The first-order chi connectivity index (χ1) is 9.54. The molecule has 1 aliphatic carbocycles. The van der Waals surface area contributed by atoms with Crippen molar-refractivity contribution in [1.29, 1.82) is 0 Å². The molecule has 0 radical (unpaired) electrons. The van der Waals surface area contributed by atoms with E-state index in [1.54, 1.807) is 0 Å². The van der Waals surface area contributed by atoms with Crippen LogP contribution in [0.1, 0.15) is 35.7 Å². The Bertz CT molecular complexity index is 665. The Morgan fingerprint density at radius 1 is 1.25 bits per heavy atom. The van der Waals surface area contributed by atoms with Gasteiger partial charge >= 0.3 is 0 Å². The highest BCUT2D eigenvalue weighted by molar-refractivity contribution is 9.10. The number of nitrogens with zero attached hydrogens (tertiary/aromatic N) is 2. The molecule has 1 heterocycles. The molecule has 4 nitrogen and oxygen atoms in total. The highest BCUT2D eigenvalue weighted by Gasteiger charge is 2.28. The van der Waals surface area contributed by atoms with Crippen LogP contribution in [0.3, 0.4) is 0 Å². The number of nitrogen functional groups attached to an aromatic ring is 1. The van der Waals surface area contributed by atoms with Crippen LogP contribution in [0, 0.1) is 13.8 Å². The molecule has 1 aromatic heterocycles. The molecule has 2 aromatic rings. The third-order valence-corrected chi connectivity index (χ3v) is 4.08. The number of nitrogens with two attached hydrogens (primary N) is 1. The Kier molecular flexibility index (Phi) is 3.38. The molecule has 0 bridgehead atoms. The van der Waals surface area contributed by atoms with E-state index in [0.29, 0.717) is 11.7 Å². The fourth-order valence-corrected chi connectivity index (χ4v) is 2.57. The van der Waals surface area contributed by atoms with Crippen molar-refractivity contribution < 1.29 is 0 Å². The van der Waals surface area contributed by atoms with Gasteiger partial charge in [-0.1, -0.05) is 15.9 Å². The van der Waals surface area contributed by atoms with Gasteiger partial charge in [0.1, 0.15) is 17.5 Å². The maximum atomic E-state index is 6.00. The molecule has 104 valence electrons. The number of halogens is 1. The molecule has 1 aliphatic rings. The highest BCUT2D eigenvalue weighted by atomic mass is 79.9. The van der Waals surface area contributed by atoms with Gasteiger partial charge in [0.2, 0.25) is 0 Å². The van der Waals surface area contributed by atoms with Gasteiger partial charge in [-0.25, -0.2) is 9.97 Å². The summed E-state index contributed by atoms with van der Waals surface area (Å²) in [6, 6.07) is 6.12. The first kappa shape index (κ1) is 13.4. The molecule has 0 amide bonds. The Labute approximate surface area is 127 Å². The molecule has 0 atom stereocenters. The minimum Gasteiger partial charge on any atom is -0.383 e. The number of nitrogens with one attached hydrogen (secondary N) is 1. The molecule has 3 N–H and O–H groups in total. The molecular formula is C15H17BrN4. The molecule has 0 spiro atoms. The van der Waals surface area contributed by atoms with Gasteiger partial charge in [-0.2, -0.15) is 0 Å². The zero-order valence-electron chi connectivity index (χ0n) is 11.6. The first-order valence-electron chi connectivity index (χ1n) is 6.72. The van der Waals surface area contributed by atoms with E-state index < -0.39 is 0 Å². The van der Waals surface area contributed by atoms with Crippen molar-refractivity contribution in [3.8, 4) is 0 Å². The second kappa shape index (κ2) is 5.05. The lowest BCUT2D eigenvalue weighted by atomic mass is 10.2. The number of hydrogen-bond donors (Lipinski definition) is 2. The second-order valence-corrected chi connectivity index (χ2v) is 6.21. The maximum Gasteiger partial charge on any atom is 0.139 e. The van der Waals surface area contributed by atoms with Crippen molar-refractivity contribution >= 4 is 33.3 Å². The number of hydrogen-bond acceptors (Lipinski definition) is 4. The van der Waals surface area contributed by atoms with Crippen LogP contribution in [0.4, 0.5) is 17.3 Å². The van der Waals surface area contributed by atoms with Crippen LogP contribution in [0.15, 0.2) is 22.7 Å². The zero-order valence-corrected chi connectivity index (χ0v) is 13.2. The molecule has 5 heteroatoms. The molecule has 0 saturated heterocycles. The largest absolute Gasteiger partial charge is 0.383 e. The Balaban J connectivity index is 1.97. The summed E-state index contributed by atoms with van der Waals surface area (Å²) in [4.78, 5) is 9.03. The number of aryl methyl sites for hydroxylation is 1. The van der Waals surface area contributed by atoms with Crippen LogP contribution >= 0.6 is 15.9 Å². The van der Waals surface area contributed by atoms with Gasteiger partial charge in [0, 0.05) is 21.6 Å². The molecule has 0 aliphatic heterocycles. The molecule has 3 rings (SSSR count). The Morgan fingerprint density at radius 2 is 2.00 bits per heavy atom. The lowest BCUT2D eigenvalue weighted by molar-refractivity contribution is 0.927. The van der Waals surface area contributed by atoms with E-state index in [9.17, 15) is 0 Å². The summed E-state index contributed by atoms with van der Waals surface area (Å²) in [5, 5.41) is 3.38. The fourth-order valence-electron chi connectivity index (χ4n) is 2.09. The number of anilines is 3. The molecule has 1 saturated carbocycles. The van der Waals surface area contributed by atoms with Gasteiger partial charge < -0.3 is 11.1 Å². The predicted octanol–water partition coefficient (Wildman–Crippen LogP) is 4.06. The molecule has 1 fully saturated rings. The highest BCUT2D eigenvalue weighted by Crippen LogP contribution is 2.39. The molecule has 1 aromatic carbocycles. The van der Waals surface area contributed by atoms with Gasteiger partial charge in [-0.05, 0) is 50.5 Å². The predicted molar refractivity (Wildman–Crippen MR) is 85.3 cm³/mol. The van der Waals surface area contributed by atoms with E-state index in [-0.39, 0.29) is 0 Å². The summed E-state index contributed by atoms with van der Waals surface area (Å²) in [6.45, 7) is 4.01. The minimum absolute atomic E-state index is 0.490. The second-order valence-electron chi connectivity index (χ2n) is 5.30. The van der Waals surface area contributed by atoms with E-state index in [1.165, 1.54) is 12.8 Å². The molecule has 20 heavy (non-hydrogen) atoms. The van der Waals surface area contributed by atoms with Crippen molar-refractivity contribution in [2.24, 2.45) is 0 Å². The van der Waals surface area contributed by atoms with Crippen molar-refractivity contribution in [2.45, 2.75) is 32.6 Å². The van der Waals surface area contributed by atoms with Gasteiger partial charge in [0.05, 0.1) is 0 Å². The van der Waals surface area contributed by atoms with Gasteiger partial charge in [-0.3, -0.25) is 0 Å². The van der Waals surface area contributed by atoms with Crippen LogP contribution in [0.5, 0.6) is 0 Å². The number of benzene rings is 1. The van der Waals surface area contributed by atoms with Crippen LogP contribution in [-0.4, -0.2) is 9.97 Å². The van der Waals surface area contributed by atoms with Crippen LogP contribution in [0.2, 0.25) is 0 Å². The van der Waals surface area contributed by atoms with Crippen molar-refractivity contribution in [3.63, 3.8) is 0 Å².